The summed E-state index contributed by atoms with van der Waals surface area (Å²) in [5.41, 5.74) is 2.45. The van der Waals surface area contributed by atoms with E-state index in [1.54, 1.807) is 11.3 Å². The minimum absolute atomic E-state index is 0.0570. The van der Waals surface area contributed by atoms with E-state index in [0.717, 1.165) is 37.4 Å². The lowest BCUT2D eigenvalue weighted by atomic mass is 10.1. The van der Waals surface area contributed by atoms with Gasteiger partial charge in [-0.25, -0.2) is 0 Å². The number of carbonyl (C=O) groups excluding carboxylic acids is 2. The van der Waals surface area contributed by atoms with Crippen LogP contribution in [0, 0.1) is 6.92 Å². The van der Waals surface area contributed by atoms with E-state index in [-0.39, 0.29) is 11.8 Å². The minimum Gasteiger partial charge on any atom is -0.355 e. The zero-order valence-corrected chi connectivity index (χ0v) is 19.5. The summed E-state index contributed by atoms with van der Waals surface area (Å²) in [7, 11) is 0. The van der Waals surface area contributed by atoms with Gasteiger partial charge in [0.05, 0.1) is 13.0 Å². The number of fused-ring (bicyclic) bond motifs is 1. The second-order valence-electron chi connectivity index (χ2n) is 8.42. The number of rotatable bonds is 7. The van der Waals surface area contributed by atoms with Crippen molar-refractivity contribution in [2.45, 2.75) is 26.2 Å². The third-order valence-corrected chi connectivity index (χ3v) is 7.41. The van der Waals surface area contributed by atoms with Crippen LogP contribution in [0.25, 0.3) is 10.1 Å². The van der Waals surface area contributed by atoms with E-state index >= 15 is 0 Å². The molecule has 1 fully saturated rings. The number of amides is 2. The largest absolute Gasteiger partial charge is 0.355 e. The van der Waals surface area contributed by atoms with Crippen molar-refractivity contribution in [3.05, 3.63) is 70.6 Å². The smallest absolute Gasteiger partial charge is 0.234 e. The Morgan fingerprint density at radius 3 is 2.56 bits per heavy atom. The van der Waals surface area contributed by atoms with Gasteiger partial charge in [0.2, 0.25) is 11.8 Å². The molecule has 32 heavy (non-hydrogen) atoms. The molecule has 0 bridgehead atoms. The molecule has 0 unspecified atom stereocenters. The quantitative estimate of drug-likeness (QED) is 0.599. The average Bonchev–Trinajstić information content (AvgIpc) is 2.96. The predicted octanol–water partition coefficient (Wildman–Crippen LogP) is 3.65. The summed E-state index contributed by atoms with van der Waals surface area (Å²) >= 11 is 1.73. The van der Waals surface area contributed by atoms with Crippen LogP contribution in [0.2, 0.25) is 0 Å². The van der Waals surface area contributed by atoms with E-state index in [0.29, 0.717) is 26.1 Å². The SMILES string of the molecule is Cc1c(CC(=O)N2CCCN(CC(=O)NCCc3ccccc3)CC2)sc2ccccc12. The van der Waals surface area contributed by atoms with Gasteiger partial charge >= 0.3 is 0 Å². The van der Waals surface area contributed by atoms with E-state index in [2.05, 4.69) is 47.5 Å². The second kappa shape index (κ2) is 10.7. The molecule has 2 aromatic carbocycles. The third kappa shape index (κ3) is 5.75. The van der Waals surface area contributed by atoms with Gasteiger partial charge in [0, 0.05) is 42.3 Å². The van der Waals surface area contributed by atoms with Crippen LogP contribution in [0.1, 0.15) is 22.4 Å². The van der Waals surface area contributed by atoms with Crippen LogP contribution < -0.4 is 5.32 Å². The first-order valence-corrected chi connectivity index (χ1v) is 12.2. The third-order valence-electron chi connectivity index (χ3n) is 6.14. The first-order chi connectivity index (χ1) is 15.6. The highest BCUT2D eigenvalue weighted by Crippen LogP contribution is 2.31. The number of thiophene rings is 1. The molecular formula is C26H31N3O2S. The van der Waals surface area contributed by atoms with Gasteiger partial charge in [0.25, 0.3) is 0 Å². The number of hydrogen-bond acceptors (Lipinski definition) is 4. The summed E-state index contributed by atoms with van der Waals surface area (Å²) < 4.78 is 1.24. The van der Waals surface area contributed by atoms with Crippen LogP contribution in [-0.4, -0.2) is 60.9 Å². The molecule has 2 heterocycles. The summed E-state index contributed by atoms with van der Waals surface area (Å²) in [6.07, 6.45) is 2.20. The predicted molar refractivity (Wildman–Crippen MR) is 131 cm³/mol. The van der Waals surface area contributed by atoms with E-state index in [4.69, 9.17) is 0 Å². The zero-order chi connectivity index (χ0) is 22.3. The highest BCUT2D eigenvalue weighted by molar-refractivity contribution is 7.19. The van der Waals surface area contributed by atoms with E-state index in [1.165, 1.54) is 21.2 Å². The van der Waals surface area contributed by atoms with Gasteiger partial charge < -0.3 is 10.2 Å². The monoisotopic (exact) mass is 449 g/mol. The molecular weight excluding hydrogens is 418 g/mol. The number of hydrogen-bond donors (Lipinski definition) is 1. The van der Waals surface area contributed by atoms with E-state index in [1.807, 2.05) is 29.2 Å². The Bertz CT molecular complexity index is 1060. The molecule has 6 heteroatoms. The number of carbonyl (C=O) groups is 2. The van der Waals surface area contributed by atoms with Gasteiger partial charge in [0.15, 0.2) is 0 Å². The van der Waals surface area contributed by atoms with Crippen molar-refractivity contribution < 1.29 is 9.59 Å². The van der Waals surface area contributed by atoms with Gasteiger partial charge in [0.1, 0.15) is 0 Å². The molecule has 1 aliphatic heterocycles. The summed E-state index contributed by atoms with van der Waals surface area (Å²) in [5.74, 6) is 0.246. The van der Waals surface area contributed by atoms with Crippen molar-refractivity contribution in [3.63, 3.8) is 0 Å². The lowest BCUT2D eigenvalue weighted by Gasteiger charge is -2.21. The van der Waals surface area contributed by atoms with Crippen molar-refractivity contribution in [2.24, 2.45) is 0 Å². The first kappa shape index (κ1) is 22.5. The number of benzene rings is 2. The van der Waals surface area contributed by atoms with Crippen LogP contribution in [0.15, 0.2) is 54.6 Å². The summed E-state index contributed by atoms with van der Waals surface area (Å²) in [5, 5.41) is 4.28. The van der Waals surface area contributed by atoms with Crippen LogP contribution in [0.4, 0.5) is 0 Å². The van der Waals surface area contributed by atoms with Gasteiger partial charge in [-0.05, 0) is 42.3 Å². The second-order valence-corrected chi connectivity index (χ2v) is 9.56. The topological polar surface area (TPSA) is 52.7 Å². The van der Waals surface area contributed by atoms with Crippen molar-refractivity contribution in [1.29, 1.82) is 0 Å². The fourth-order valence-electron chi connectivity index (χ4n) is 4.27. The fraction of sp³-hybridized carbons (Fsp3) is 0.385. The molecule has 0 atom stereocenters. The molecule has 0 saturated carbocycles. The summed E-state index contributed by atoms with van der Waals surface area (Å²) in [6.45, 7) is 6.18. The molecule has 1 saturated heterocycles. The maximum atomic E-state index is 13.0. The molecule has 0 aliphatic carbocycles. The molecule has 0 radical (unpaired) electrons. The van der Waals surface area contributed by atoms with Gasteiger partial charge in [-0.3, -0.25) is 14.5 Å². The molecule has 1 aliphatic rings. The number of nitrogens with zero attached hydrogens (tertiary/aromatic N) is 2. The maximum Gasteiger partial charge on any atom is 0.234 e. The molecule has 3 aromatic rings. The minimum atomic E-state index is 0.0570. The van der Waals surface area contributed by atoms with Crippen molar-refractivity contribution in [1.82, 2.24) is 15.1 Å². The Labute approximate surface area is 194 Å². The van der Waals surface area contributed by atoms with Gasteiger partial charge in [-0.1, -0.05) is 48.5 Å². The molecule has 5 nitrogen and oxygen atoms in total. The zero-order valence-electron chi connectivity index (χ0n) is 18.7. The Morgan fingerprint density at radius 1 is 0.969 bits per heavy atom. The average molecular weight is 450 g/mol. The molecule has 1 aromatic heterocycles. The lowest BCUT2D eigenvalue weighted by Crippen LogP contribution is -2.40. The van der Waals surface area contributed by atoms with Crippen LogP contribution in [0.5, 0.6) is 0 Å². The summed E-state index contributed by atoms with van der Waals surface area (Å²) in [4.78, 5) is 30.6. The molecule has 2 amide bonds. The molecule has 4 rings (SSSR count). The Hall–Kier alpha value is -2.70. The van der Waals surface area contributed by atoms with Crippen molar-refractivity contribution >= 4 is 33.2 Å². The maximum absolute atomic E-state index is 13.0. The Kier molecular flexibility index (Phi) is 7.55. The van der Waals surface area contributed by atoms with Crippen LogP contribution in [-0.2, 0) is 22.4 Å². The highest BCUT2D eigenvalue weighted by Gasteiger charge is 2.22. The van der Waals surface area contributed by atoms with Gasteiger partial charge in [-0.15, -0.1) is 11.3 Å². The normalized spacial score (nSPS) is 15.0. The number of aryl methyl sites for hydroxylation is 1. The van der Waals surface area contributed by atoms with Crippen molar-refractivity contribution in [3.8, 4) is 0 Å². The Morgan fingerprint density at radius 2 is 1.75 bits per heavy atom. The standard InChI is InChI=1S/C26H31N3O2S/c1-20-22-10-5-6-11-23(22)32-24(20)18-26(31)29-15-7-14-28(16-17-29)19-25(30)27-13-12-21-8-3-2-4-9-21/h2-6,8-11H,7,12-19H2,1H3,(H,27,30). The summed E-state index contributed by atoms with van der Waals surface area (Å²) in [6, 6.07) is 18.5. The van der Waals surface area contributed by atoms with Gasteiger partial charge in [-0.2, -0.15) is 0 Å². The highest BCUT2D eigenvalue weighted by atomic mass is 32.1. The molecule has 1 N–H and O–H groups in total. The Balaban J connectivity index is 1.24. The molecule has 168 valence electrons. The van der Waals surface area contributed by atoms with Crippen LogP contribution in [0.3, 0.4) is 0 Å². The van der Waals surface area contributed by atoms with Crippen LogP contribution >= 0.6 is 11.3 Å². The van der Waals surface area contributed by atoms with E-state index in [9.17, 15) is 9.59 Å². The fourth-order valence-corrected chi connectivity index (χ4v) is 5.47. The lowest BCUT2D eigenvalue weighted by molar-refractivity contribution is -0.130. The number of nitrogens with one attached hydrogen (secondary N) is 1. The first-order valence-electron chi connectivity index (χ1n) is 11.4. The van der Waals surface area contributed by atoms with E-state index < -0.39 is 0 Å². The van der Waals surface area contributed by atoms with Crippen molar-refractivity contribution in [2.75, 3.05) is 39.3 Å². The molecule has 0 spiro atoms.